The van der Waals surface area contributed by atoms with E-state index >= 15 is 0 Å². The number of ether oxygens (including phenoxy) is 1. The smallest absolute Gasteiger partial charge is 0.227 e. The Hall–Kier alpha value is -1.41. The van der Waals surface area contributed by atoms with Crippen LogP contribution in [0.4, 0.5) is 0 Å². The van der Waals surface area contributed by atoms with E-state index in [4.69, 9.17) is 9.52 Å². The molecule has 0 saturated carbocycles. The quantitative estimate of drug-likeness (QED) is 0.859. The van der Waals surface area contributed by atoms with Gasteiger partial charge in [-0.1, -0.05) is 0 Å². The topological polar surface area (TPSA) is 88.3 Å². The Morgan fingerprint density at radius 2 is 2.04 bits per heavy atom. The van der Waals surface area contributed by atoms with Gasteiger partial charge in [0.05, 0.1) is 24.3 Å². The molecule has 0 bridgehead atoms. The van der Waals surface area contributed by atoms with Crippen LogP contribution in [0, 0.1) is 18.6 Å². The molecule has 0 radical (unpaired) electrons. The highest BCUT2D eigenvalue weighted by Crippen LogP contribution is 2.31. The van der Waals surface area contributed by atoms with Gasteiger partial charge in [0.15, 0.2) is 0 Å². The van der Waals surface area contributed by atoms with Gasteiger partial charge < -0.3 is 9.64 Å². The molecule has 3 rings (SSSR count). The predicted octanol–water partition coefficient (Wildman–Crippen LogP) is 1.02. The number of nitrogens with one attached hydrogen (secondary N) is 1. The molecule has 0 aromatic carbocycles. The van der Waals surface area contributed by atoms with Gasteiger partial charge in [0.1, 0.15) is 0 Å². The maximum atomic E-state index is 12.8. The van der Waals surface area contributed by atoms with E-state index in [1.54, 1.807) is 0 Å². The van der Waals surface area contributed by atoms with Crippen LogP contribution in [-0.4, -0.2) is 61.6 Å². The summed E-state index contributed by atoms with van der Waals surface area (Å²) in [6.07, 6.45) is 1.56. The van der Waals surface area contributed by atoms with Gasteiger partial charge in [0, 0.05) is 52.6 Å². The highest BCUT2D eigenvalue weighted by molar-refractivity contribution is 7.92. The van der Waals surface area contributed by atoms with Crippen LogP contribution in [0.5, 0.6) is 0 Å². The van der Waals surface area contributed by atoms with Crippen molar-refractivity contribution in [3.05, 3.63) is 17.0 Å². The van der Waals surface area contributed by atoms with Crippen molar-refractivity contribution < 1.29 is 13.7 Å². The van der Waals surface area contributed by atoms with Crippen LogP contribution in [0.2, 0.25) is 0 Å². The average Bonchev–Trinajstić information content (AvgIpc) is 2.77. The van der Waals surface area contributed by atoms with Crippen LogP contribution in [0.3, 0.4) is 0 Å². The molecule has 7 nitrogen and oxygen atoms in total. The Morgan fingerprint density at radius 3 is 2.62 bits per heavy atom. The molecule has 24 heavy (non-hydrogen) atoms. The van der Waals surface area contributed by atoms with Crippen LogP contribution < -0.4 is 0 Å². The van der Waals surface area contributed by atoms with Crippen molar-refractivity contribution >= 4 is 15.6 Å². The highest BCUT2D eigenvalue weighted by Gasteiger charge is 2.42. The lowest BCUT2D eigenvalue weighted by Gasteiger charge is -2.45. The lowest BCUT2D eigenvalue weighted by molar-refractivity contribution is -0.151. The number of morpholine rings is 1. The molecule has 1 N–H and O–H groups in total. The Morgan fingerprint density at radius 1 is 1.38 bits per heavy atom. The Kier molecular flexibility index (Phi) is 4.46. The molecule has 2 fully saturated rings. The van der Waals surface area contributed by atoms with Crippen molar-refractivity contribution in [2.24, 2.45) is 7.05 Å². The lowest BCUT2D eigenvalue weighted by atomic mass is 9.94. The monoisotopic (exact) mass is 354 g/mol. The number of carbonyl (C=O) groups is 1. The molecule has 1 amide bonds. The second-order valence-corrected chi connectivity index (χ2v) is 9.46. The number of aryl methyl sites for hydroxylation is 2. The van der Waals surface area contributed by atoms with E-state index in [0.29, 0.717) is 50.5 Å². The molecule has 134 valence electrons. The predicted molar refractivity (Wildman–Crippen MR) is 91.5 cm³/mol. The van der Waals surface area contributed by atoms with Crippen LogP contribution in [0.1, 0.15) is 29.8 Å². The SMILES string of the molecule is Cc1nn(C)c(C)c1CC(=O)N1CCOC2(CCS(=N)(=O)CC2)C1. The van der Waals surface area contributed by atoms with Crippen molar-refractivity contribution in [3.8, 4) is 0 Å². The summed E-state index contributed by atoms with van der Waals surface area (Å²) in [6.45, 7) is 5.56. The van der Waals surface area contributed by atoms with Gasteiger partial charge in [0.25, 0.3) is 0 Å². The summed E-state index contributed by atoms with van der Waals surface area (Å²) in [7, 11) is -0.558. The number of nitrogens with zero attached hydrogens (tertiary/aromatic N) is 3. The van der Waals surface area contributed by atoms with Crippen molar-refractivity contribution in [2.75, 3.05) is 31.2 Å². The van der Waals surface area contributed by atoms with Gasteiger partial charge >= 0.3 is 0 Å². The molecule has 3 heterocycles. The minimum atomic E-state index is -2.45. The van der Waals surface area contributed by atoms with Gasteiger partial charge in [-0.05, 0) is 26.7 Å². The van der Waals surface area contributed by atoms with E-state index in [-0.39, 0.29) is 5.91 Å². The summed E-state index contributed by atoms with van der Waals surface area (Å²) in [6, 6.07) is 0. The van der Waals surface area contributed by atoms with E-state index in [2.05, 4.69) is 5.10 Å². The zero-order valence-electron chi connectivity index (χ0n) is 14.6. The fourth-order valence-electron chi connectivity index (χ4n) is 3.63. The van der Waals surface area contributed by atoms with Crippen molar-refractivity contribution in [2.45, 2.75) is 38.7 Å². The van der Waals surface area contributed by atoms with Crippen LogP contribution in [0.25, 0.3) is 0 Å². The minimum Gasteiger partial charge on any atom is -0.371 e. The molecule has 1 aromatic rings. The summed E-state index contributed by atoms with van der Waals surface area (Å²) in [5, 5.41) is 4.38. The van der Waals surface area contributed by atoms with E-state index < -0.39 is 15.3 Å². The number of carbonyl (C=O) groups excluding carboxylic acids is 1. The van der Waals surface area contributed by atoms with Crippen molar-refractivity contribution in [1.29, 1.82) is 4.78 Å². The molecular weight excluding hydrogens is 328 g/mol. The maximum Gasteiger partial charge on any atom is 0.227 e. The van der Waals surface area contributed by atoms with E-state index in [0.717, 1.165) is 17.0 Å². The van der Waals surface area contributed by atoms with Crippen LogP contribution >= 0.6 is 0 Å². The number of hydrogen-bond acceptors (Lipinski definition) is 5. The Labute approximate surface area is 143 Å². The second-order valence-electron chi connectivity index (χ2n) is 7.02. The van der Waals surface area contributed by atoms with Crippen LogP contribution in [0.15, 0.2) is 0 Å². The summed E-state index contributed by atoms with van der Waals surface area (Å²) in [5.74, 6) is 0.833. The first-order valence-electron chi connectivity index (χ1n) is 8.36. The minimum absolute atomic E-state index is 0.0917. The zero-order valence-corrected chi connectivity index (χ0v) is 15.4. The Bertz CT molecular complexity index is 740. The average molecular weight is 354 g/mol. The van der Waals surface area contributed by atoms with Crippen molar-refractivity contribution in [1.82, 2.24) is 14.7 Å². The van der Waals surface area contributed by atoms with E-state index in [1.165, 1.54) is 0 Å². The summed E-state index contributed by atoms with van der Waals surface area (Å²) in [5.41, 5.74) is 2.52. The first-order chi connectivity index (χ1) is 11.2. The van der Waals surface area contributed by atoms with E-state index in [1.807, 2.05) is 30.5 Å². The summed E-state index contributed by atoms with van der Waals surface area (Å²) >= 11 is 0. The standard InChI is InChI=1S/C16H26N4O3S/c1-12-14(13(2)19(3)18-12)10-15(21)20-6-7-23-16(11-20)4-8-24(17,22)9-5-16/h17H,4-11H2,1-3H3. The normalized spacial score (nSPS) is 30.7. The van der Waals surface area contributed by atoms with Gasteiger partial charge in [-0.2, -0.15) is 5.10 Å². The number of rotatable bonds is 2. The van der Waals surface area contributed by atoms with Crippen LogP contribution in [-0.2, 0) is 32.7 Å². The maximum absolute atomic E-state index is 12.8. The number of aromatic nitrogens is 2. The summed E-state index contributed by atoms with van der Waals surface area (Å²) < 4.78 is 27.4. The molecule has 8 heteroatoms. The molecule has 2 saturated heterocycles. The molecular formula is C16H26N4O3S. The summed E-state index contributed by atoms with van der Waals surface area (Å²) in [4.78, 5) is 14.6. The molecule has 2 aliphatic heterocycles. The Balaban J connectivity index is 1.69. The fourth-order valence-corrected chi connectivity index (χ4v) is 5.23. The fraction of sp³-hybridized carbons (Fsp3) is 0.750. The van der Waals surface area contributed by atoms with Gasteiger partial charge in [-0.3, -0.25) is 14.3 Å². The third-order valence-electron chi connectivity index (χ3n) is 5.36. The molecule has 0 atom stereocenters. The van der Waals surface area contributed by atoms with E-state index in [9.17, 15) is 9.00 Å². The molecule has 0 unspecified atom stereocenters. The number of amides is 1. The highest BCUT2D eigenvalue weighted by atomic mass is 32.2. The lowest BCUT2D eigenvalue weighted by Crippen LogP contribution is -2.56. The molecule has 1 aromatic heterocycles. The molecule has 2 aliphatic rings. The first-order valence-corrected chi connectivity index (χ1v) is 10.3. The van der Waals surface area contributed by atoms with Crippen molar-refractivity contribution in [3.63, 3.8) is 0 Å². The largest absolute Gasteiger partial charge is 0.371 e. The molecule has 0 aliphatic carbocycles. The third kappa shape index (κ3) is 3.35. The molecule has 1 spiro atoms. The third-order valence-corrected chi connectivity index (χ3v) is 7.09. The van der Waals surface area contributed by atoms with Gasteiger partial charge in [-0.15, -0.1) is 0 Å². The zero-order chi connectivity index (χ0) is 17.5. The van der Waals surface area contributed by atoms with Gasteiger partial charge in [0.2, 0.25) is 5.91 Å². The second kappa shape index (κ2) is 6.15. The first kappa shape index (κ1) is 17.4. The van der Waals surface area contributed by atoms with Gasteiger partial charge in [-0.25, -0.2) is 4.21 Å². The number of hydrogen-bond donors (Lipinski definition) is 1.